The van der Waals surface area contributed by atoms with Crippen molar-refractivity contribution < 1.29 is 14.9 Å². The average Bonchev–Trinajstić information content (AvgIpc) is 2.64. The minimum Gasteiger partial charge on any atom is -0.394 e. The molecule has 0 rings (SSSR count). The van der Waals surface area contributed by atoms with E-state index in [1.165, 1.54) is 89.9 Å². The van der Waals surface area contributed by atoms with Gasteiger partial charge in [-0.15, -0.1) is 0 Å². The number of aliphatic hydroxyl groups is 2. The van der Waals surface area contributed by atoms with Crippen LogP contribution in [0.5, 0.6) is 0 Å². The molecule has 0 heterocycles. The number of rotatable bonds is 17. The van der Waals surface area contributed by atoms with E-state index in [1.54, 1.807) is 0 Å². The van der Waals surface area contributed by atoms with Crippen LogP contribution in [0.15, 0.2) is 0 Å². The van der Waals surface area contributed by atoms with Gasteiger partial charge in [0.25, 0.3) is 0 Å². The van der Waals surface area contributed by atoms with Crippen molar-refractivity contribution in [2.24, 2.45) is 0 Å². The summed E-state index contributed by atoms with van der Waals surface area (Å²) in [5.41, 5.74) is 0. The van der Waals surface area contributed by atoms with Gasteiger partial charge >= 0.3 is 0 Å². The first kappa shape index (κ1) is 31.5. The van der Waals surface area contributed by atoms with E-state index in [4.69, 9.17) is 14.9 Å². The molecule has 4 nitrogen and oxygen atoms in total. The molecule has 0 spiro atoms. The topological polar surface area (TPSA) is 52.9 Å². The fourth-order valence-electron chi connectivity index (χ4n) is 2.42. The van der Waals surface area contributed by atoms with Gasteiger partial charge in [0.05, 0.1) is 13.2 Å². The van der Waals surface area contributed by atoms with Crippen LogP contribution in [0.3, 0.4) is 0 Å². The third kappa shape index (κ3) is 51.8. The summed E-state index contributed by atoms with van der Waals surface area (Å²) in [6, 6.07) is 0. The van der Waals surface area contributed by atoms with Gasteiger partial charge in [-0.05, 0) is 34.0 Å². The van der Waals surface area contributed by atoms with Gasteiger partial charge in [-0.2, -0.15) is 0 Å². The van der Waals surface area contributed by atoms with Crippen LogP contribution in [0.4, 0.5) is 0 Å². The van der Waals surface area contributed by atoms with E-state index >= 15 is 0 Å². The van der Waals surface area contributed by atoms with Gasteiger partial charge in [-0.3, -0.25) is 0 Å². The van der Waals surface area contributed by atoms with Crippen molar-refractivity contribution in [2.75, 3.05) is 47.6 Å². The predicted octanol–water partition coefficient (Wildman–Crippen LogP) is 5.65. The van der Waals surface area contributed by atoms with Gasteiger partial charge < -0.3 is 19.8 Å². The molecule has 0 aromatic rings. The Labute approximate surface area is 171 Å². The molecule has 0 radical (unpaired) electrons. The molecule has 0 unspecified atom stereocenters. The second-order valence-electron chi connectivity index (χ2n) is 7.64. The summed E-state index contributed by atoms with van der Waals surface area (Å²) in [5, 5.41) is 15.2. The van der Waals surface area contributed by atoms with Crippen molar-refractivity contribution in [1.82, 2.24) is 4.90 Å². The van der Waals surface area contributed by atoms with Crippen molar-refractivity contribution >= 4 is 0 Å². The summed E-state index contributed by atoms with van der Waals surface area (Å²) in [5.74, 6) is 0. The zero-order chi connectivity index (χ0) is 21.0. The largest absolute Gasteiger partial charge is 0.394 e. The Morgan fingerprint density at radius 3 is 1.04 bits per heavy atom. The molecule has 0 aliphatic rings. The van der Waals surface area contributed by atoms with E-state index in [-0.39, 0.29) is 13.2 Å². The Bertz CT molecular complexity index is 193. The molecule has 0 amide bonds. The molecule has 0 atom stereocenters. The number of aliphatic hydroxyl groups excluding tert-OH is 2. The Hall–Kier alpha value is -0.160. The summed E-state index contributed by atoms with van der Waals surface area (Å²) in [6.45, 7) is 6.28. The van der Waals surface area contributed by atoms with Gasteiger partial charge in [0, 0.05) is 13.2 Å². The maximum Gasteiger partial charge on any atom is 0.0662 e. The van der Waals surface area contributed by atoms with Crippen molar-refractivity contribution in [3.63, 3.8) is 0 Å². The molecule has 0 saturated carbocycles. The number of hydrogen-bond acceptors (Lipinski definition) is 4. The summed E-state index contributed by atoms with van der Waals surface area (Å²) < 4.78 is 5.69. The van der Waals surface area contributed by atoms with Crippen molar-refractivity contribution in [1.29, 1.82) is 0 Å². The highest BCUT2D eigenvalue weighted by Gasteiger charge is 1.93. The second kappa shape index (κ2) is 33.4. The van der Waals surface area contributed by atoms with E-state index in [9.17, 15) is 0 Å². The molecule has 0 fully saturated rings. The minimum atomic E-state index is -0.125. The lowest BCUT2D eigenvalue weighted by Crippen LogP contribution is -1.99. The first-order valence-corrected chi connectivity index (χ1v) is 11.5. The van der Waals surface area contributed by atoms with Gasteiger partial charge in [-0.1, -0.05) is 90.9 Å². The van der Waals surface area contributed by atoms with Crippen molar-refractivity contribution in [3.8, 4) is 0 Å². The summed E-state index contributed by atoms with van der Waals surface area (Å²) in [6.07, 6.45) is 19.3. The van der Waals surface area contributed by atoms with Crippen LogP contribution in [0, 0.1) is 0 Å². The number of nitrogens with zero attached hydrogens (tertiary/aromatic N) is 1. The molecule has 0 aliphatic heterocycles. The molecule has 0 aliphatic carbocycles. The summed E-state index contributed by atoms with van der Waals surface area (Å²) in [4.78, 5) is 2.00. The van der Waals surface area contributed by atoms with E-state index < -0.39 is 0 Å². The Balaban J connectivity index is -0.000000603. The summed E-state index contributed by atoms with van der Waals surface area (Å²) >= 11 is 0. The molecule has 168 valence electrons. The highest BCUT2D eigenvalue weighted by atomic mass is 16.5. The molecule has 2 N–H and O–H groups in total. The molecule has 0 aromatic heterocycles. The van der Waals surface area contributed by atoms with Gasteiger partial charge in [0.2, 0.25) is 0 Å². The van der Waals surface area contributed by atoms with Crippen molar-refractivity contribution in [3.05, 3.63) is 0 Å². The van der Waals surface area contributed by atoms with Crippen LogP contribution >= 0.6 is 0 Å². The number of unbranched alkanes of at least 4 members (excludes halogenated alkanes) is 12. The fourth-order valence-corrected chi connectivity index (χ4v) is 2.42. The first-order chi connectivity index (χ1) is 13.1. The molecule has 0 aromatic carbocycles. The maximum absolute atomic E-state index is 7.62. The summed E-state index contributed by atoms with van der Waals surface area (Å²) in [7, 11) is 6.00. The highest BCUT2D eigenvalue weighted by Crippen LogP contribution is 2.08. The Morgan fingerprint density at radius 2 is 0.778 bits per heavy atom. The van der Waals surface area contributed by atoms with Crippen LogP contribution in [0.2, 0.25) is 0 Å². The molecule has 0 saturated heterocycles. The highest BCUT2D eigenvalue weighted by molar-refractivity contribution is 4.46. The molecular formula is C23H53NO3. The molecule has 4 heteroatoms. The molecular weight excluding hydrogens is 338 g/mol. The normalized spacial score (nSPS) is 10.2. The number of hydrogen-bond donors (Lipinski definition) is 2. The van der Waals surface area contributed by atoms with Gasteiger partial charge in [0.15, 0.2) is 0 Å². The SMILES string of the molecule is CCCCCCCCCOCCCCCCCCC.CN(C)C.OCCO. The second-order valence-corrected chi connectivity index (χ2v) is 7.64. The van der Waals surface area contributed by atoms with E-state index in [1.807, 2.05) is 26.0 Å². The predicted molar refractivity (Wildman–Crippen MR) is 121 cm³/mol. The molecule has 27 heavy (non-hydrogen) atoms. The third-order valence-electron chi connectivity index (χ3n) is 3.88. The number of ether oxygens (including phenoxy) is 1. The van der Waals surface area contributed by atoms with Gasteiger partial charge in [-0.25, -0.2) is 0 Å². The maximum atomic E-state index is 7.62. The fraction of sp³-hybridized carbons (Fsp3) is 1.00. The van der Waals surface area contributed by atoms with Crippen LogP contribution in [-0.4, -0.2) is 62.7 Å². The van der Waals surface area contributed by atoms with E-state index in [0.717, 1.165) is 13.2 Å². The zero-order valence-electron chi connectivity index (χ0n) is 19.5. The first-order valence-electron chi connectivity index (χ1n) is 11.5. The van der Waals surface area contributed by atoms with E-state index in [0.29, 0.717) is 0 Å². The Kier molecular flexibility index (Phi) is 39.0. The average molecular weight is 392 g/mol. The van der Waals surface area contributed by atoms with Crippen LogP contribution in [-0.2, 0) is 4.74 Å². The van der Waals surface area contributed by atoms with E-state index in [2.05, 4.69) is 13.8 Å². The van der Waals surface area contributed by atoms with Crippen LogP contribution < -0.4 is 0 Å². The van der Waals surface area contributed by atoms with Crippen molar-refractivity contribution in [2.45, 2.75) is 104 Å². The smallest absolute Gasteiger partial charge is 0.0662 e. The lowest BCUT2D eigenvalue weighted by molar-refractivity contribution is 0.125. The monoisotopic (exact) mass is 391 g/mol. The lowest BCUT2D eigenvalue weighted by atomic mass is 10.1. The van der Waals surface area contributed by atoms with Crippen LogP contribution in [0.1, 0.15) is 104 Å². The van der Waals surface area contributed by atoms with Crippen LogP contribution in [0.25, 0.3) is 0 Å². The third-order valence-corrected chi connectivity index (χ3v) is 3.88. The standard InChI is InChI=1S/C18H38O.C3H9N.C2H6O2/c1-3-5-7-9-11-13-15-17-19-18-16-14-12-10-8-6-4-2;1-4(2)3;3-1-2-4/h3-18H2,1-2H3;1-3H3;3-4H,1-2H2. The quantitative estimate of drug-likeness (QED) is 0.314. The zero-order valence-corrected chi connectivity index (χ0v) is 19.5. The lowest BCUT2D eigenvalue weighted by Gasteiger charge is -2.04. The Morgan fingerprint density at radius 1 is 0.519 bits per heavy atom. The van der Waals surface area contributed by atoms with Gasteiger partial charge in [0.1, 0.15) is 0 Å². The molecule has 0 bridgehead atoms. The minimum absolute atomic E-state index is 0.125.